The summed E-state index contributed by atoms with van der Waals surface area (Å²) in [6, 6.07) is 8.86. The molecule has 2 rings (SSSR count). The molecular weight excluding hydrogens is 268 g/mol. The second-order valence-electron chi connectivity index (χ2n) is 4.44. The summed E-state index contributed by atoms with van der Waals surface area (Å²) < 4.78 is 5.04. The molecule has 0 bridgehead atoms. The van der Waals surface area contributed by atoms with Crippen LogP contribution in [0.3, 0.4) is 0 Å². The van der Waals surface area contributed by atoms with Crippen LogP contribution in [0.5, 0.6) is 0 Å². The molecule has 1 heterocycles. The first kappa shape index (κ1) is 14.8. The van der Waals surface area contributed by atoms with Gasteiger partial charge in [-0.25, -0.2) is 0 Å². The van der Waals surface area contributed by atoms with Gasteiger partial charge in [-0.1, -0.05) is 29.1 Å². The van der Waals surface area contributed by atoms with Crippen LogP contribution in [0.1, 0.15) is 33.8 Å². The molecule has 0 saturated carbocycles. The van der Waals surface area contributed by atoms with Crippen molar-refractivity contribution < 1.29 is 14.4 Å². The van der Waals surface area contributed by atoms with Gasteiger partial charge in [-0.2, -0.15) is 0 Å². The number of aromatic nitrogens is 1. The maximum atomic E-state index is 12.2. The summed E-state index contributed by atoms with van der Waals surface area (Å²) in [6.45, 7) is 2.10. The quantitative estimate of drug-likeness (QED) is 0.837. The Hall–Kier alpha value is -2.58. The number of nitrogens with one attached hydrogen (secondary N) is 1. The van der Waals surface area contributed by atoms with Crippen molar-refractivity contribution in [2.75, 3.05) is 6.61 Å². The van der Waals surface area contributed by atoms with Crippen LogP contribution in [-0.2, 0) is 6.54 Å². The number of aliphatic hydroxyl groups excluding tert-OH is 1. The molecule has 1 aromatic carbocycles. The van der Waals surface area contributed by atoms with Crippen LogP contribution in [0.15, 0.2) is 34.9 Å². The van der Waals surface area contributed by atoms with Crippen molar-refractivity contribution in [1.29, 1.82) is 0 Å². The third-order valence-electron chi connectivity index (χ3n) is 2.73. The van der Waals surface area contributed by atoms with Gasteiger partial charge in [-0.3, -0.25) is 4.79 Å². The summed E-state index contributed by atoms with van der Waals surface area (Å²) in [5.41, 5.74) is 1.91. The van der Waals surface area contributed by atoms with Crippen LogP contribution in [0.2, 0.25) is 0 Å². The lowest BCUT2D eigenvalue weighted by molar-refractivity contribution is 0.0947. The number of aryl methyl sites for hydroxylation is 1. The molecule has 0 fully saturated rings. The lowest BCUT2D eigenvalue weighted by Gasteiger charge is -2.05. The normalized spacial score (nSPS) is 9.81. The van der Waals surface area contributed by atoms with Crippen molar-refractivity contribution in [2.24, 2.45) is 0 Å². The Labute approximate surface area is 123 Å². The van der Waals surface area contributed by atoms with E-state index in [1.165, 1.54) is 0 Å². The fraction of sp³-hybridized carbons (Fsp3) is 0.250. The highest BCUT2D eigenvalue weighted by Gasteiger charge is 2.10. The topological polar surface area (TPSA) is 75.4 Å². The molecule has 1 aromatic heterocycles. The molecule has 2 aromatic rings. The summed E-state index contributed by atoms with van der Waals surface area (Å²) in [5.74, 6) is 6.08. The van der Waals surface area contributed by atoms with E-state index in [1.54, 1.807) is 24.3 Å². The van der Waals surface area contributed by atoms with Gasteiger partial charge in [0.2, 0.25) is 0 Å². The first-order valence-corrected chi connectivity index (χ1v) is 6.60. The standard InChI is InChI=1S/C16H16N2O3/c1-12-10-14(21-18-12)11-17-16(20)15-8-3-2-6-13(15)7-4-5-9-19/h2-3,6,8,10,19H,5,9,11H2,1H3,(H,17,20). The third-order valence-corrected chi connectivity index (χ3v) is 2.73. The van der Waals surface area contributed by atoms with Crippen LogP contribution >= 0.6 is 0 Å². The number of aliphatic hydroxyl groups is 1. The molecule has 21 heavy (non-hydrogen) atoms. The molecule has 0 saturated heterocycles. The van der Waals surface area contributed by atoms with Crippen LogP contribution < -0.4 is 5.32 Å². The predicted octanol–water partition coefficient (Wildman–Crippen LogP) is 1.65. The minimum Gasteiger partial charge on any atom is -0.395 e. The monoisotopic (exact) mass is 284 g/mol. The summed E-state index contributed by atoms with van der Waals surface area (Å²) in [5, 5.41) is 15.3. The van der Waals surface area contributed by atoms with E-state index in [2.05, 4.69) is 22.3 Å². The van der Waals surface area contributed by atoms with Crippen molar-refractivity contribution in [2.45, 2.75) is 19.9 Å². The van der Waals surface area contributed by atoms with Gasteiger partial charge in [0.05, 0.1) is 24.4 Å². The van der Waals surface area contributed by atoms with Gasteiger partial charge in [-0.05, 0) is 19.1 Å². The van der Waals surface area contributed by atoms with Crippen LogP contribution in [-0.4, -0.2) is 22.8 Å². The van der Waals surface area contributed by atoms with E-state index in [4.69, 9.17) is 9.63 Å². The molecule has 0 aliphatic carbocycles. The lowest BCUT2D eigenvalue weighted by Crippen LogP contribution is -2.23. The Kier molecular flexibility index (Phi) is 5.13. The minimum absolute atomic E-state index is 0.00616. The third kappa shape index (κ3) is 4.20. The van der Waals surface area contributed by atoms with E-state index >= 15 is 0 Å². The molecule has 0 unspecified atom stereocenters. The number of benzene rings is 1. The van der Waals surface area contributed by atoms with E-state index in [1.807, 2.05) is 13.0 Å². The first-order valence-electron chi connectivity index (χ1n) is 6.60. The SMILES string of the molecule is Cc1cc(CNC(=O)c2ccccc2C#CCCO)on1. The first-order chi connectivity index (χ1) is 10.2. The van der Waals surface area contributed by atoms with Gasteiger partial charge in [0, 0.05) is 18.1 Å². The molecule has 1 amide bonds. The van der Waals surface area contributed by atoms with Gasteiger partial charge in [0.1, 0.15) is 0 Å². The molecule has 0 aliphatic rings. The van der Waals surface area contributed by atoms with Crippen molar-refractivity contribution in [3.63, 3.8) is 0 Å². The highest BCUT2D eigenvalue weighted by Crippen LogP contribution is 2.08. The zero-order chi connectivity index (χ0) is 15.1. The summed E-state index contributed by atoms with van der Waals surface area (Å²) in [7, 11) is 0. The number of carbonyl (C=O) groups is 1. The summed E-state index contributed by atoms with van der Waals surface area (Å²) in [6.07, 6.45) is 0.382. The molecule has 108 valence electrons. The zero-order valence-corrected chi connectivity index (χ0v) is 11.7. The second kappa shape index (κ2) is 7.27. The van der Waals surface area contributed by atoms with Crippen molar-refractivity contribution in [3.05, 3.63) is 52.9 Å². The maximum Gasteiger partial charge on any atom is 0.252 e. The van der Waals surface area contributed by atoms with E-state index < -0.39 is 0 Å². The lowest BCUT2D eigenvalue weighted by atomic mass is 10.1. The van der Waals surface area contributed by atoms with Crippen molar-refractivity contribution in [3.8, 4) is 11.8 Å². The van der Waals surface area contributed by atoms with Gasteiger partial charge < -0.3 is 14.9 Å². The van der Waals surface area contributed by atoms with Gasteiger partial charge in [0.25, 0.3) is 5.91 Å². The molecule has 0 radical (unpaired) electrons. The Balaban J connectivity index is 2.07. The Morgan fingerprint density at radius 3 is 2.95 bits per heavy atom. The van der Waals surface area contributed by atoms with E-state index in [0.717, 1.165) is 5.69 Å². The minimum atomic E-state index is -0.224. The predicted molar refractivity (Wildman–Crippen MR) is 77.4 cm³/mol. The molecule has 0 atom stereocenters. The molecule has 5 heteroatoms. The smallest absolute Gasteiger partial charge is 0.252 e. The maximum absolute atomic E-state index is 12.2. The van der Waals surface area contributed by atoms with Crippen LogP contribution in [0.25, 0.3) is 0 Å². The number of hydrogen-bond donors (Lipinski definition) is 2. The Morgan fingerprint density at radius 2 is 2.24 bits per heavy atom. The molecular formula is C16H16N2O3. The van der Waals surface area contributed by atoms with Crippen LogP contribution in [0.4, 0.5) is 0 Å². The fourth-order valence-electron chi connectivity index (χ4n) is 1.77. The number of rotatable bonds is 4. The summed E-state index contributed by atoms with van der Waals surface area (Å²) in [4.78, 5) is 12.2. The molecule has 0 spiro atoms. The highest BCUT2D eigenvalue weighted by molar-refractivity contribution is 5.96. The summed E-state index contributed by atoms with van der Waals surface area (Å²) >= 11 is 0. The number of hydrogen-bond acceptors (Lipinski definition) is 4. The Bertz CT molecular complexity index is 680. The largest absolute Gasteiger partial charge is 0.395 e. The van der Waals surface area contributed by atoms with E-state index in [0.29, 0.717) is 23.3 Å². The Morgan fingerprint density at radius 1 is 1.43 bits per heavy atom. The van der Waals surface area contributed by atoms with E-state index in [9.17, 15) is 4.79 Å². The van der Waals surface area contributed by atoms with Gasteiger partial charge >= 0.3 is 0 Å². The van der Waals surface area contributed by atoms with Crippen LogP contribution in [0, 0.1) is 18.8 Å². The molecule has 2 N–H and O–H groups in total. The van der Waals surface area contributed by atoms with Crippen molar-refractivity contribution in [1.82, 2.24) is 10.5 Å². The highest BCUT2D eigenvalue weighted by atomic mass is 16.5. The average molecular weight is 284 g/mol. The van der Waals surface area contributed by atoms with E-state index in [-0.39, 0.29) is 19.1 Å². The number of carbonyl (C=O) groups excluding carboxylic acids is 1. The zero-order valence-electron chi connectivity index (χ0n) is 11.7. The second-order valence-corrected chi connectivity index (χ2v) is 4.44. The average Bonchev–Trinajstić information content (AvgIpc) is 2.91. The van der Waals surface area contributed by atoms with Gasteiger partial charge in [-0.15, -0.1) is 0 Å². The number of amides is 1. The molecule has 5 nitrogen and oxygen atoms in total. The van der Waals surface area contributed by atoms with Gasteiger partial charge in [0.15, 0.2) is 5.76 Å². The molecule has 0 aliphatic heterocycles. The van der Waals surface area contributed by atoms with Crippen molar-refractivity contribution >= 4 is 5.91 Å². The number of nitrogens with zero attached hydrogens (tertiary/aromatic N) is 1. The fourth-order valence-corrected chi connectivity index (χ4v) is 1.77.